The number of ether oxygens (including phenoxy) is 2. The quantitative estimate of drug-likeness (QED) is 0.849. The molecule has 0 amide bonds. The van der Waals surface area contributed by atoms with Gasteiger partial charge in [0.2, 0.25) is 0 Å². The lowest BCUT2D eigenvalue weighted by Crippen LogP contribution is -2.31. The minimum Gasteiger partial charge on any atom is -0.486 e. The van der Waals surface area contributed by atoms with Crippen LogP contribution in [0.15, 0.2) is 18.2 Å². The maximum atomic E-state index is 5.79. The standard InChI is InChI=1S/C15H24N2O2/c1-10(11(2)13(8-16)9-17)12-3-4-14-15(7-12)19-6-5-18-14/h3-4,7,10-11,13H,5-6,8-9,16-17H2,1-2H3. The van der Waals surface area contributed by atoms with Gasteiger partial charge in [-0.25, -0.2) is 0 Å². The average molecular weight is 264 g/mol. The van der Waals surface area contributed by atoms with Crippen LogP contribution in [0.25, 0.3) is 0 Å². The Hall–Kier alpha value is -1.26. The Morgan fingerprint density at radius 3 is 2.32 bits per heavy atom. The third-order valence-electron chi connectivity index (χ3n) is 4.23. The third-order valence-corrected chi connectivity index (χ3v) is 4.23. The van der Waals surface area contributed by atoms with Crippen LogP contribution in [0.5, 0.6) is 11.5 Å². The van der Waals surface area contributed by atoms with Crippen molar-refractivity contribution in [1.82, 2.24) is 0 Å². The zero-order valence-corrected chi connectivity index (χ0v) is 11.8. The van der Waals surface area contributed by atoms with Crippen molar-refractivity contribution < 1.29 is 9.47 Å². The van der Waals surface area contributed by atoms with E-state index in [1.807, 2.05) is 6.07 Å². The van der Waals surface area contributed by atoms with E-state index in [1.165, 1.54) is 5.56 Å². The maximum Gasteiger partial charge on any atom is 0.161 e. The van der Waals surface area contributed by atoms with Crippen LogP contribution in [0.2, 0.25) is 0 Å². The van der Waals surface area contributed by atoms with Crippen LogP contribution in [0.4, 0.5) is 0 Å². The number of rotatable bonds is 5. The van der Waals surface area contributed by atoms with Gasteiger partial charge >= 0.3 is 0 Å². The highest BCUT2D eigenvalue weighted by Gasteiger charge is 2.23. The van der Waals surface area contributed by atoms with Gasteiger partial charge in [0.05, 0.1) is 0 Å². The summed E-state index contributed by atoms with van der Waals surface area (Å²) in [5.41, 5.74) is 12.8. The molecule has 1 aliphatic heterocycles. The van der Waals surface area contributed by atoms with Gasteiger partial charge in [-0.2, -0.15) is 0 Å². The van der Waals surface area contributed by atoms with E-state index < -0.39 is 0 Å². The fourth-order valence-electron chi connectivity index (χ4n) is 2.58. The lowest BCUT2D eigenvalue weighted by molar-refractivity contribution is 0.171. The minimum absolute atomic E-state index is 0.350. The van der Waals surface area contributed by atoms with Crippen molar-refractivity contribution in [1.29, 1.82) is 0 Å². The normalized spacial score (nSPS) is 17.3. The number of fused-ring (bicyclic) bond motifs is 1. The van der Waals surface area contributed by atoms with E-state index in [0.717, 1.165) is 11.5 Å². The van der Waals surface area contributed by atoms with Crippen molar-refractivity contribution in [3.05, 3.63) is 23.8 Å². The fourth-order valence-corrected chi connectivity index (χ4v) is 2.58. The minimum atomic E-state index is 0.350. The predicted octanol–water partition coefficient (Wildman–Crippen LogP) is 1.73. The van der Waals surface area contributed by atoms with Crippen molar-refractivity contribution in [2.75, 3.05) is 26.3 Å². The molecule has 1 aliphatic rings. The molecule has 0 saturated heterocycles. The van der Waals surface area contributed by atoms with Crippen LogP contribution in [0, 0.1) is 11.8 Å². The Balaban J connectivity index is 2.16. The molecular formula is C15H24N2O2. The molecule has 1 heterocycles. The summed E-state index contributed by atoms with van der Waals surface area (Å²) in [6.45, 7) is 6.94. The second kappa shape index (κ2) is 6.26. The summed E-state index contributed by atoms with van der Waals surface area (Å²) in [7, 11) is 0. The first kappa shape index (κ1) is 14.2. The average Bonchev–Trinajstić information content (AvgIpc) is 2.47. The first-order chi connectivity index (χ1) is 9.17. The van der Waals surface area contributed by atoms with E-state index >= 15 is 0 Å². The van der Waals surface area contributed by atoms with Crippen molar-refractivity contribution in [3.8, 4) is 11.5 Å². The van der Waals surface area contributed by atoms with Gasteiger partial charge in [0.1, 0.15) is 13.2 Å². The lowest BCUT2D eigenvalue weighted by atomic mass is 9.80. The van der Waals surface area contributed by atoms with Crippen LogP contribution in [-0.2, 0) is 0 Å². The Bertz CT molecular complexity index is 419. The van der Waals surface area contributed by atoms with Gasteiger partial charge in [0.25, 0.3) is 0 Å². The molecule has 4 heteroatoms. The molecule has 0 bridgehead atoms. The van der Waals surface area contributed by atoms with E-state index in [2.05, 4.69) is 26.0 Å². The van der Waals surface area contributed by atoms with Gasteiger partial charge in [0, 0.05) is 0 Å². The zero-order valence-electron chi connectivity index (χ0n) is 11.8. The number of hydrogen-bond donors (Lipinski definition) is 2. The van der Waals surface area contributed by atoms with E-state index in [1.54, 1.807) is 0 Å². The molecule has 0 fully saturated rings. The number of benzene rings is 1. The van der Waals surface area contributed by atoms with E-state index in [9.17, 15) is 0 Å². The number of nitrogens with two attached hydrogens (primary N) is 2. The van der Waals surface area contributed by atoms with E-state index in [4.69, 9.17) is 20.9 Å². The van der Waals surface area contributed by atoms with Crippen molar-refractivity contribution in [2.45, 2.75) is 19.8 Å². The molecule has 4 N–H and O–H groups in total. The van der Waals surface area contributed by atoms with Crippen LogP contribution >= 0.6 is 0 Å². The lowest BCUT2D eigenvalue weighted by Gasteiger charge is -2.28. The predicted molar refractivity (Wildman–Crippen MR) is 76.6 cm³/mol. The van der Waals surface area contributed by atoms with Gasteiger partial charge in [-0.05, 0) is 48.5 Å². The van der Waals surface area contributed by atoms with Crippen molar-refractivity contribution in [2.24, 2.45) is 23.3 Å². The Kier molecular flexibility index (Phi) is 4.66. The molecule has 106 valence electrons. The molecule has 2 unspecified atom stereocenters. The summed E-state index contributed by atoms with van der Waals surface area (Å²) in [6, 6.07) is 6.19. The van der Waals surface area contributed by atoms with Gasteiger partial charge in [-0.1, -0.05) is 19.9 Å². The van der Waals surface area contributed by atoms with Crippen molar-refractivity contribution >= 4 is 0 Å². The second-order valence-electron chi connectivity index (χ2n) is 5.28. The first-order valence-electron chi connectivity index (χ1n) is 6.97. The highest BCUT2D eigenvalue weighted by molar-refractivity contribution is 5.44. The molecule has 19 heavy (non-hydrogen) atoms. The van der Waals surface area contributed by atoms with Gasteiger partial charge in [-0.3, -0.25) is 0 Å². The summed E-state index contributed by atoms with van der Waals surface area (Å²) in [6.07, 6.45) is 0. The molecule has 4 nitrogen and oxygen atoms in total. The summed E-state index contributed by atoms with van der Waals surface area (Å²) >= 11 is 0. The smallest absolute Gasteiger partial charge is 0.161 e. The highest BCUT2D eigenvalue weighted by atomic mass is 16.6. The van der Waals surface area contributed by atoms with Crippen LogP contribution in [-0.4, -0.2) is 26.3 Å². The third kappa shape index (κ3) is 3.01. The molecule has 2 rings (SSSR count). The molecule has 1 aromatic carbocycles. The monoisotopic (exact) mass is 264 g/mol. The number of hydrogen-bond acceptors (Lipinski definition) is 4. The molecule has 0 aliphatic carbocycles. The second-order valence-corrected chi connectivity index (χ2v) is 5.28. The van der Waals surface area contributed by atoms with Gasteiger partial charge in [0.15, 0.2) is 11.5 Å². The van der Waals surface area contributed by atoms with E-state index in [0.29, 0.717) is 44.1 Å². The highest BCUT2D eigenvalue weighted by Crippen LogP contribution is 2.36. The van der Waals surface area contributed by atoms with Gasteiger partial charge < -0.3 is 20.9 Å². The molecule has 0 saturated carbocycles. The van der Waals surface area contributed by atoms with Crippen LogP contribution in [0.1, 0.15) is 25.3 Å². The summed E-state index contributed by atoms with van der Waals surface area (Å²) in [5.74, 6) is 2.87. The van der Waals surface area contributed by atoms with Crippen LogP contribution in [0.3, 0.4) is 0 Å². The Morgan fingerprint density at radius 2 is 1.68 bits per heavy atom. The van der Waals surface area contributed by atoms with Gasteiger partial charge in [-0.15, -0.1) is 0 Å². The maximum absolute atomic E-state index is 5.79. The summed E-state index contributed by atoms with van der Waals surface area (Å²) in [5, 5.41) is 0. The molecule has 1 aromatic rings. The topological polar surface area (TPSA) is 70.5 Å². The summed E-state index contributed by atoms with van der Waals surface area (Å²) in [4.78, 5) is 0. The summed E-state index contributed by atoms with van der Waals surface area (Å²) < 4.78 is 11.2. The molecule has 0 aromatic heterocycles. The molecular weight excluding hydrogens is 240 g/mol. The van der Waals surface area contributed by atoms with E-state index in [-0.39, 0.29) is 0 Å². The SMILES string of the molecule is CC(c1ccc2c(c1)OCCO2)C(C)C(CN)CN. The first-order valence-corrected chi connectivity index (χ1v) is 6.97. The largest absolute Gasteiger partial charge is 0.486 e. The Labute approximate surface area is 115 Å². The Morgan fingerprint density at radius 1 is 1.05 bits per heavy atom. The molecule has 0 radical (unpaired) electrons. The van der Waals surface area contributed by atoms with Crippen LogP contribution < -0.4 is 20.9 Å². The molecule has 0 spiro atoms. The zero-order chi connectivity index (χ0) is 13.8. The van der Waals surface area contributed by atoms with Crippen molar-refractivity contribution in [3.63, 3.8) is 0 Å². The molecule has 2 atom stereocenters. The fraction of sp³-hybridized carbons (Fsp3) is 0.600.